The quantitative estimate of drug-likeness (QED) is 0.635. The number of anilines is 1. The van der Waals surface area contributed by atoms with Crippen LogP contribution in [0.3, 0.4) is 0 Å². The number of benzene rings is 2. The SMILES string of the molecule is C[C@H](c1ccccc1)N1C[C@H](C(=O)OCC(=O)Nc2cc(C(F)(F)F)ccc2Cl)CC1=O. The van der Waals surface area contributed by atoms with Gasteiger partial charge in [-0.05, 0) is 30.7 Å². The van der Waals surface area contributed by atoms with E-state index in [1.165, 1.54) is 0 Å². The Morgan fingerprint density at radius 3 is 2.56 bits per heavy atom. The molecule has 1 N–H and O–H groups in total. The number of carbonyl (C=O) groups excluding carboxylic acids is 3. The van der Waals surface area contributed by atoms with Crippen LogP contribution in [-0.4, -0.2) is 35.8 Å². The second-order valence-corrected chi connectivity index (χ2v) is 7.79. The maximum absolute atomic E-state index is 12.8. The summed E-state index contributed by atoms with van der Waals surface area (Å²) in [4.78, 5) is 38.3. The van der Waals surface area contributed by atoms with Gasteiger partial charge in [-0.3, -0.25) is 14.4 Å². The van der Waals surface area contributed by atoms with Gasteiger partial charge in [-0.15, -0.1) is 0 Å². The van der Waals surface area contributed by atoms with E-state index in [0.29, 0.717) is 6.07 Å². The van der Waals surface area contributed by atoms with E-state index in [9.17, 15) is 27.6 Å². The predicted octanol–water partition coefficient (Wildman–Crippen LogP) is 4.45. The highest BCUT2D eigenvalue weighted by Crippen LogP contribution is 2.34. The van der Waals surface area contributed by atoms with Gasteiger partial charge < -0.3 is 15.0 Å². The Morgan fingerprint density at radius 2 is 1.91 bits per heavy atom. The molecule has 1 aliphatic rings. The number of esters is 1. The summed E-state index contributed by atoms with van der Waals surface area (Å²) in [7, 11) is 0. The standard InChI is InChI=1S/C22H20ClF3N2O4/c1-13(14-5-3-2-4-6-14)28-11-15(9-20(28)30)21(31)32-12-19(29)27-18-10-16(22(24,25)26)7-8-17(18)23/h2-8,10,13,15H,9,11-12H2,1H3,(H,27,29)/t13-,15-/m1/s1. The fourth-order valence-corrected chi connectivity index (χ4v) is 3.58. The molecule has 170 valence electrons. The van der Waals surface area contributed by atoms with Crippen molar-refractivity contribution >= 4 is 35.1 Å². The van der Waals surface area contributed by atoms with Crippen molar-refractivity contribution < 1.29 is 32.3 Å². The molecule has 0 radical (unpaired) electrons. The first-order valence-electron chi connectivity index (χ1n) is 9.74. The third kappa shape index (κ3) is 5.59. The molecule has 0 saturated carbocycles. The highest BCUT2D eigenvalue weighted by atomic mass is 35.5. The van der Waals surface area contributed by atoms with Crippen LogP contribution in [0.2, 0.25) is 5.02 Å². The Balaban J connectivity index is 1.55. The number of likely N-dealkylation sites (tertiary alicyclic amines) is 1. The molecule has 0 aromatic heterocycles. The molecule has 1 saturated heterocycles. The van der Waals surface area contributed by atoms with Crippen molar-refractivity contribution in [1.29, 1.82) is 0 Å². The van der Waals surface area contributed by atoms with Crippen molar-refractivity contribution in [3.8, 4) is 0 Å². The second-order valence-electron chi connectivity index (χ2n) is 7.38. The Bertz CT molecular complexity index is 1010. The zero-order valence-electron chi connectivity index (χ0n) is 17.0. The van der Waals surface area contributed by atoms with E-state index in [1.807, 2.05) is 37.3 Å². The first-order valence-corrected chi connectivity index (χ1v) is 10.1. The summed E-state index contributed by atoms with van der Waals surface area (Å²) in [6.45, 7) is 1.28. The first-order chi connectivity index (χ1) is 15.1. The second kappa shape index (κ2) is 9.60. The van der Waals surface area contributed by atoms with E-state index in [2.05, 4.69) is 5.32 Å². The molecule has 2 atom stereocenters. The summed E-state index contributed by atoms with van der Waals surface area (Å²) in [5, 5.41) is 2.11. The lowest BCUT2D eigenvalue weighted by atomic mass is 10.1. The minimum atomic E-state index is -4.60. The number of alkyl halides is 3. The number of hydrogen-bond acceptors (Lipinski definition) is 4. The molecule has 1 fully saturated rings. The molecular formula is C22H20ClF3N2O4. The van der Waals surface area contributed by atoms with Crippen LogP contribution in [0.25, 0.3) is 0 Å². The summed E-state index contributed by atoms with van der Waals surface area (Å²) in [6.07, 6.45) is -4.65. The van der Waals surface area contributed by atoms with Crippen molar-refractivity contribution in [2.24, 2.45) is 5.92 Å². The van der Waals surface area contributed by atoms with E-state index in [4.69, 9.17) is 16.3 Å². The zero-order chi connectivity index (χ0) is 23.5. The van der Waals surface area contributed by atoms with Gasteiger partial charge in [-0.2, -0.15) is 13.2 Å². The first kappa shape index (κ1) is 23.6. The van der Waals surface area contributed by atoms with Crippen molar-refractivity contribution in [2.75, 3.05) is 18.5 Å². The molecule has 0 spiro atoms. The van der Waals surface area contributed by atoms with Crippen molar-refractivity contribution in [3.63, 3.8) is 0 Å². The summed E-state index contributed by atoms with van der Waals surface area (Å²) in [6, 6.07) is 11.6. The number of carbonyl (C=O) groups is 3. The molecule has 1 heterocycles. The lowest BCUT2D eigenvalue weighted by molar-refractivity contribution is -0.151. The third-order valence-electron chi connectivity index (χ3n) is 5.15. The van der Waals surface area contributed by atoms with Gasteiger partial charge >= 0.3 is 12.1 Å². The van der Waals surface area contributed by atoms with E-state index >= 15 is 0 Å². The number of hydrogen-bond donors (Lipinski definition) is 1. The summed E-state index contributed by atoms with van der Waals surface area (Å²) < 4.78 is 43.5. The molecule has 0 aliphatic carbocycles. The van der Waals surface area contributed by atoms with E-state index in [1.54, 1.807) is 4.90 Å². The van der Waals surface area contributed by atoms with E-state index in [-0.39, 0.29) is 35.6 Å². The van der Waals surface area contributed by atoms with E-state index < -0.39 is 36.1 Å². The number of nitrogens with one attached hydrogen (secondary N) is 1. The molecule has 10 heteroatoms. The number of rotatable bonds is 6. The molecule has 0 bridgehead atoms. The number of amides is 2. The highest BCUT2D eigenvalue weighted by molar-refractivity contribution is 6.33. The fourth-order valence-electron chi connectivity index (χ4n) is 3.41. The molecular weight excluding hydrogens is 449 g/mol. The van der Waals surface area contributed by atoms with Crippen LogP contribution in [0, 0.1) is 5.92 Å². The Hall–Kier alpha value is -3.07. The van der Waals surface area contributed by atoms with Crippen LogP contribution in [0.15, 0.2) is 48.5 Å². The monoisotopic (exact) mass is 468 g/mol. The van der Waals surface area contributed by atoms with Gasteiger partial charge in [0.1, 0.15) is 0 Å². The topological polar surface area (TPSA) is 75.7 Å². The minimum absolute atomic E-state index is 0.0446. The minimum Gasteiger partial charge on any atom is -0.455 e. The average molecular weight is 469 g/mol. The Labute approximate surface area is 187 Å². The summed E-state index contributed by atoms with van der Waals surface area (Å²) in [5.41, 5.74) is -0.306. The maximum Gasteiger partial charge on any atom is 0.416 e. The van der Waals surface area contributed by atoms with Crippen molar-refractivity contribution in [3.05, 3.63) is 64.7 Å². The van der Waals surface area contributed by atoms with E-state index in [0.717, 1.165) is 17.7 Å². The smallest absolute Gasteiger partial charge is 0.416 e. The van der Waals surface area contributed by atoms with Crippen LogP contribution < -0.4 is 5.32 Å². The van der Waals surface area contributed by atoms with Crippen LogP contribution in [0.4, 0.5) is 18.9 Å². The molecule has 2 aromatic carbocycles. The largest absolute Gasteiger partial charge is 0.455 e. The molecule has 32 heavy (non-hydrogen) atoms. The normalized spacial score (nSPS) is 17.2. The fraction of sp³-hybridized carbons (Fsp3) is 0.318. The van der Waals surface area contributed by atoms with Gasteiger partial charge in [0.05, 0.1) is 28.2 Å². The summed E-state index contributed by atoms with van der Waals surface area (Å²) >= 11 is 5.84. The third-order valence-corrected chi connectivity index (χ3v) is 5.48. The van der Waals surface area contributed by atoms with Gasteiger partial charge in [-0.25, -0.2) is 0 Å². The van der Waals surface area contributed by atoms with Crippen LogP contribution in [0.5, 0.6) is 0 Å². The number of ether oxygens (including phenoxy) is 1. The molecule has 6 nitrogen and oxygen atoms in total. The zero-order valence-corrected chi connectivity index (χ0v) is 17.7. The lowest BCUT2D eigenvalue weighted by Crippen LogP contribution is -2.30. The number of halogens is 4. The van der Waals surface area contributed by atoms with Gasteiger partial charge in [-0.1, -0.05) is 41.9 Å². The van der Waals surface area contributed by atoms with Crippen molar-refractivity contribution in [1.82, 2.24) is 4.90 Å². The molecule has 2 amide bonds. The Kier molecular flexibility index (Phi) is 7.08. The van der Waals surface area contributed by atoms with Crippen LogP contribution in [0.1, 0.15) is 30.5 Å². The van der Waals surface area contributed by atoms with Gasteiger partial charge in [0.15, 0.2) is 6.61 Å². The lowest BCUT2D eigenvalue weighted by Gasteiger charge is -2.25. The Morgan fingerprint density at radius 1 is 1.22 bits per heavy atom. The maximum atomic E-state index is 12.8. The van der Waals surface area contributed by atoms with Gasteiger partial charge in [0.25, 0.3) is 5.91 Å². The average Bonchev–Trinajstić information content (AvgIpc) is 3.14. The van der Waals surface area contributed by atoms with Crippen LogP contribution >= 0.6 is 11.6 Å². The molecule has 2 aromatic rings. The van der Waals surface area contributed by atoms with Gasteiger partial charge in [0.2, 0.25) is 5.91 Å². The summed E-state index contributed by atoms with van der Waals surface area (Å²) in [5.74, 6) is -2.52. The predicted molar refractivity (Wildman–Crippen MR) is 111 cm³/mol. The van der Waals surface area contributed by atoms with Crippen LogP contribution in [-0.2, 0) is 25.3 Å². The van der Waals surface area contributed by atoms with Crippen molar-refractivity contribution in [2.45, 2.75) is 25.6 Å². The molecule has 0 unspecified atom stereocenters. The number of nitrogens with zero attached hydrogens (tertiary/aromatic N) is 1. The molecule has 3 rings (SSSR count). The van der Waals surface area contributed by atoms with Gasteiger partial charge in [0, 0.05) is 13.0 Å². The molecule has 1 aliphatic heterocycles. The highest BCUT2D eigenvalue weighted by Gasteiger charge is 2.38.